The van der Waals surface area contributed by atoms with Gasteiger partial charge in [-0.1, -0.05) is 12.1 Å². The Labute approximate surface area is 203 Å². The highest BCUT2D eigenvalue weighted by molar-refractivity contribution is 6.03. The predicted octanol–water partition coefficient (Wildman–Crippen LogP) is 4.39. The normalized spacial score (nSPS) is 26.0. The number of likely N-dealkylation sites (tertiary alicyclic amines) is 1. The Bertz CT molecular complexity index is 1350. The second-order valence-corrected chi connectivity index (χ2v) is 9.36. The number of piperidine rings is 1. The molecule has 4 unspecified atom stereocenters. The van der Waals surface area contributed by atoms with Crippen LogP contribution in [-0.2, 0) is 6.18 Å². The third kappa shape index (κ3) is 3.40. The number of methoxy groups -OCH3 is 1. The first-order chi connectivity index (χ1) is 17.2. The van der Waals surface area contributed by atoms with Gasteiger partial charge < -0.3 is 14.4 Å². The van der Waals surface area contributed by atoms with Crippen molar-refractivity contribution in [1.29, 1.82) is 0 Å². The first-order valence-electron chi connectivity index (χ1n) is 11.4. The van der Waals surface area contributed by atoms with E-state index in [2.05, 4.69) is 15.0 Å². The molecule has 0 radical (unpaired) electrons. The van der Waals surface area contributed by atoms with Crippen LogP contribution in [0.3, 0.4) is 0 Å². The van der Waals surface area contributed by atoms with Gasteiger partial charge in [0.25, 0.3) is 11.8 Å². The Hall–Kier alpha value is -3.76. The predicted molar refractivity (Wildman–Crippen MR) is 118 cm³/mol. The number of aromatic nitrogens is 3. The zero-order valence-corrected chi connectivity index (χ0v) is 19.0. The van der Waals surface area contributed by atoms with Crippen molar-refractivity contribution in [2.24, 2.45) is 11.3 Å². The number of pyridine rings is 1. The molecule has 0 bridgehead atoms. The number of carbonyl (C=O) groups excluding carboxylic acids is 1. The third-order valence-corrected chi connectivity index (χ3v) is 7.48. The summed E-state index contributed by atoms with van der Waals surface area (Å²) in [6.45, 7) is 0.499. The number of rotatable bonds is 5. The van der Waals surface area contributed by atoms with Gasteiger partial charge in [-0.2, -0.15) is 13.2 Å². The van der Waals surface area contributed by atoms with E-state index < -0.39 is 29.5 Å². The maximum atomic E-state index is 14.4. The molecule has 3 aromatic rings. The van der Waals surface area contributed by atoms with Gasteiger partial charge in [0.2, 0.25) is 0 Å². The highest BCUT2D eigenvalue weighted by Gasteiger charge is 2.76. The molecule has 6 rings (SSSR count). The monoisotopic (exact) mass is 500 g/mol. The third-order valence-electron chi connectivity index (χ3n) is 7.48. The molecule has 2 saturated carbocycles. The van der Waals surface area contributed by atoms with E-state index in [1.807, 2.05) is 0 Å². The van der Waals surface area contributed by atoms with E-state index in [0.717, 1.165) is 6.42 Å². The maximum absolute atomic E-state index is 14.4. The molecular weight excluding hydrogens is 480 g/mol. The minimum Gasteiger partial charge on any atom is -0.496 e. The van der Waals surface area contributed by atoms with Crippen LogP contribution in [0.2, 0.25) is 0 Å². The Balaban J connectivity index is 1.30. The average Bonchev–Trinajstić information content (AvgIpc) is 3.52. The number of alkyl halides is 3. The van der Waals surface area contributed by atoms with Crippen LogP contribution >= 0.6 is 0 Å². The van der Waals surface area contributed by atoms with Crippen LogP contribution in [-0.4, -0.2) is 51.6 Å². The van der Waals surface area contributed by atoms with Crippen molar-refractivity contribution < 1.29 is 31.8 Å². The number of halogens is 4. The summed E-state index contributed by atoms with van der Waals surface area (Å²) in [5, 5.41) is 0. The SMILES string of the molecule is COc1cccc(-c2ncccn2)c1C(=O)N1CC2CC23CC(Oc2ncc(C(F)(F)F)cc2F)C13. The number of amides is 1. The first kappa shape index (κ1) is 22.7. The van der Waals surface area contributed by atoms with E-state index in [1.54, 1.807) is 41.6 Å². The summed E-state index contributed by atoms with van der Waals surface area (Å²) in [7, 11) is 1.47. The molecule has 186 valence electrons. The van der Waals surface area contributed by atoms with Crippen molar-refractivity contribution in [2.45, 2.75) is 31.2 Å². The summed E-state index contributed by atoms with van der Waals surface area (Å²) >= 11 is 0. The molecule has 2 aromatic heterocycles. The molecule has 36 heavy (non-hydrogen) atoms. The van der Waals surface area contributed by atoms with Gasteiger partial charge in [0.05, 0.1) is 24.3 Å². The quantitative estimate of drug-likeness (QED) is 0.484. The lowest BCUT2D eigenvalue weighted by Gasteiger charge is -2.47. The van der Waals surface area contributed by atoms with Crippen LogP contribution in [0.5, 0.6) is 11.6 Å². The second-order valence-electron chi connectivity index (χ2n) is 9.36. The minimum absolute atomic E-state index is 0.117. The highest BCUT2D eigenvalue weighted by atomic mass is 19.4. The molecule has 3 aliphatic rings. The molecule has 1 spiro atoms. The van der Waals surface area contributed by atoms with Crippen LogP contribution < -0.4 is 9.47 Å². The van der Waals surface area contributed by atoms with Gasteiger partial charge in [-0.25, -0.2) is 19.3 Å². The van der Waals surface area contributed by atoms with Gasteiger partial charge in [0, 0.05) is 36.1 Å². The molecule has 1 aromatic carbocycles. The summed E-state index contributed by atoms with van der Waals surface area (Å²) in [6.07, 6.45) is -0.0937. The van der Waals surface area contributed by atoms with Crippen LogP contribution in [0, 0.1) is 17.2 Å². The molecule has 4 atom stereocenters. The zero-order valence-electron chi connectivity index (χ0n) is 19.0. The minimum atomic E-state index is -4.71. The number of benzene rings is 1. The van der Waals surface area contributed by atoms with Gasteiger partial charge >= 0.3 is 6.18 Å². The smallest absolute Gasteiger partial charge is 0.417 e. The number of hydrogen-bond donors (Lipinski definition) is 0. The number of hydrogen-bond acceptors (Lipinski definition) is 6. The Kier molecular flexibility index (Phi) is 4.96. The molecule has 2 aliphatic carbocycles. The van der Waals surface area contributed by atoms with Crippen molar-refractivity contribution in [1.82, 2.24) is 19.9 Å². The van der Waals surface area contributed by atoms with Crippen molar-refractivity contribution in [3.05, 3.63) is 65.9 Å². The van der Waals surface area contributed by atoms with Gasteiger partial charge in [-0.15, -0.1) is 0 Å². The fourth-order valence-corrected chi connectivity index (χ4v) is 5.75. The van der Waals surface area contributed by atoms with E-state index in [0.29, 0.717) is 53.8 Å². The Morgan fingerprint density at radius 2 is 1.92 bits per heavy atom. The molecule has 1 amide bonds. The molecule has 0 N–H and O–H groups in total. The van der Waals surface area contributed by atoms with Gasteiger partial charge in [0.1, 0.15) is 11.9 Å². The van der Waals surface area contributed by atoms with E-state index in [-0.39, 0.29) is 17.4 Å². The summed E-state index contributed by atoms with van der Waals surface area (Å²) in [5.41, 5.74) is -0.480. The van der Waals surface area contributed by atoms with Gasteiger partial charge in [-0.3, -0.25) is 4.79 Å². The maximum Gasteiger partial charge on any atom is 0.417 e. The highest BCUT2D eigenvalue weighted by Crippen LogP contribution is 2.71. The summed E-state index contributed by atoms with van der Waals surface area (Å²) in [4.78, 5) is 27.7. The van der Waals surface area contributed by atoms with Crippen LogP contribution in [0.25, 0.3) is 11.4 Å². The lowest BCUT2D eigenvalue weighted by atomic mass is 9.73. The second kappa shape index (κ2) is 7.87. The molecule has 3 heterocycles. The molecule has 11 heteroatoms. The first-order valence-corrected chi connectivity index (χ1v) is 11.4. The molecular formula is C25H20F4N4O3. The van der Waals surface area contributed by atoms with Crippen LogP contribution in [0.15, 0.2) is 48.9 Å². The Morgan fingerprint density at radius 1 is 1.14 bits per heavy atom. The van der Waals surface area contributed by atoms with Gasteiger partial charge in [-0.05, 0) is 37.0 Å². The molecule has 1 aliphatic heterocycles. The fourth-order valence-electron chi connectivity index (χ4n) is 5.75. The topological polar surface area (TPSA) is 77.4 Å². The average molecular weight is 500 g/mol. The van der Waals surface area contributed by atoms with Crippen molar-refractivity contribution >= 4 is 5.91 Å². The fraction of sp³-hybridized carbons (Fsp3) is 0.360. The number of ether oxygens (including phenoxy) is 2. The zero-order chi connectivity index (χ0) is 25.2. The van der Waals surface area contributed by atoms with Crippen LogP contribution in [0.4, 0.5) is 17.6 Å². The molecule has 7 nitrogen and oxygen atoms in total. The van der Waals surface area contributed by atoms with E-state index in [4.69, 9.17) is 9.47 Å². The summed E-state index contributed by atoms with van der Waals surface area (Å²) in [6, 6.07) is 6.87. The summed E-state index contributed by atoms with van der Waals surface area (Å²) in [5.74, 6) is -0.955. The van der Waals surface area contributed by atoms with E-state index in [1.165, 1.54) is 7.11 Å². The summed E-state index contributed by atoms with van der Waals surface area (Å²) < 4.78 is 64.3. The number of nitrogens with zero attached hydrogens (tertiary/aromatic N) is 4. The molecule has 3 fully saturated rings. The largest absolute Gasteiger partial charge is 0.496 e. The van der Waals surface area contributed by atoms with Crippen molar-refractivity contribution in [3.8, 4) is 23.0 Å². The van der Waals surface area contributed by atoms with Crippen molar-refractivity contribution in [3.63, 3.8) is 0 Å². The van der Waals surface area contributed by atoms with Crippen LogP contribution in [0.1, 0.15) is 28.8 Å². The Morgan fingerprint density at radius 3 is 2.61 bits per heavy atom. The lowest BCUT2D eigenvalue weighted by Crippen LogP contribution is -2.59. The lowest BCUT2D eigenvalue weighted by molar-refractivity contribution is -0.138. The van der Waals surface area contributed by atoms with E-state index in [9.17, 15) is 22.4 Å². The van der Waals surface area contributed by atoms with Gasteiger partial charge in [0.15, 0.2) is 11.6 Å². The van der Waals surface area contributed by atoms with Crippen molar-refractivity contribution in [2.75, 3.05) is 13.7 Å². The van der Waals surface area contributed by atoms with E-state index >= 15 is 0 Å². The standard InChI is InChI=1S/C25H20F4N4O3/c1-35-17-5-2-4-15(21-30-6-3-7-31-21)19(17)23(34)33-12-14-9-24(14)10-18(20(24)33)36-22-16(26)8-13(11-32-22)25(27,28)29/h2-8,11,14,18,20H,9-10,12H2,1H3. The number of carbonyl (C=O) groups is 1. The molecule has 1 saturated heterocycles.